The Kier molecular flexibility index (Phi) is 3.43. The molecule has 1 heterocycles. The zero-order chi connectivity index (χ0) is 14.5. The van der Waals surface area contributed by atoms with E-state index in [1.807, 2.05) is 10.9 Å². The van der Waals surface area contributed by atoms with Crippen LogP contribution in [0.2, 0.25) is 18.1 Å². The van der Waals surface area contributed by atoms with E-state index in [9.17, 15) is 4.21 Å². The van der Waals surface area contributed by atoms with Crippen LogP contribution in [0.4, 0.5) is 0 Å². The molecule has 0 aromatic carbocycles. The first-order chi connectivity index (χ1) is 8.53. The second-order valence-electron chi connectivity index (χ2n) is 6.83. The summed E-state index contributed by atoms with van der Waals surface area (Å²) in [5.74, 6) is 0. The van der Waals surface area contributed by atoms with Gasteiger partial charge in [0.05, 0.1) is 6.04 Å². The lowest BCUT2D eigenvalue weighted by Crippen LogP contribution is -2.37. The summed E-state index contributed by atoms with van der Waals surface area (Å²) in [5.41, 5.74) is 0. The lowest BCUT2D eigenvalue weighted by Gasteiger charge is -2.32. The number of hydrogen-bond donors (Lipinski definition) is 1. The highest BCUT2D eigenvalue weighted by molar-refractivity contribution is 7.92. The van der Waals surface area contributed by atoms with Crippen LogP contribution in [0.5, 0.6) is 0 Å². The fourth-order valence-electron chi connectivity index (χ4n) is 1.54. The van der Waals surface area contributed by atoms with Crippen molar-refractivity contribution in [2.24, 2.45) is 9.17 Å². The van der Waals surface area contributed by atoms with Gasteiger partial charge in [0.1, 0.15) is 9.92 Å². The van der Waals surface area contributed by atoms with Crippen molar-refractivity contribution < 1.29 is 4.21 Å². The molecule has 1 fully saturated rings. The minimum absolute atomic E-state index is 0.0219. The highest BCUT2D eigenvalue weighted by atomic mass is 32.2. The summed E-state index contributed by atoms with van der Waals surface area (Å²) < 4.78 is 19.1. The van der Waals surface area contributed by atoms with Crippen molar-refractivity contribution in [1.82, 2.24) is 9.78 Å². The van der Waals surface area contributed by atoms with Crippen LogP contribution in [0.25, 0.3) is 0 Å². The van der Waals surface area contributed by atoms with Gasteiger partial charge in [0.2, 0.25) is 0 Å². The minimum atomic E-state index is -2.88. The largest absolute Gasteiger partial charge is 0.268 e. The van der Waals surface area contributed by atoms with E-state index in [1.54, 1.807) is 6.07 Å². The van der Waals surface area contributed by atoms with E-state index in [0.717, 1.165) is 12.8 Å². The molecule has 108 valence electrons. The summed E-state index contributed by atoms with van der Waals surface area (Å²) >= 11 is 0. The van der Waals surface area contributed by atoms with Crippen molar-refractivity contribution >= 4 is 18.2 Å². The maximum absolute atomic E-state index is 12.7. The van der Waals surface area contributed by atoms with Gasteiger partial charge >= 0.3 is 0 Å². The Balaban J connectivity index is 2.37. The number of nitrogens with two attached hydrogens (primary N) is 1. The van der Waals surface area contributed by atoms with Gasteiger partial charge < -0.3 is 0 Å². The van der Waals surface area contributed by atoms with Crippen LogP contribution >= 0.6 is 0 Å². The monoisotopic (exact) mass is 300 g/mol. The van der Waals surface area contributed by atoms with Gasteiger partial charge in [-0.05, 0) is 37.0 Å². The van der Waals surface area contributed by atoms with Gasteiger partial charge in [-0.1, -0.05) is 20.8 Å². The fraction of sp³-hybridized carbons (Fsp3) is 0.750. The first kappa shape index (κ1) is 14.7. The molecule has 1 aliphatic carbocycles. The maximum atomic E-state index is 12.7. The van der Waals surface area contributed by atoms with Crippen LogP contribution in [-0.4, -0.2) is 22.2 Å². The van der Waals surface area contributed by atoms with E-state index in [1.165, 1.54) is 0 Å². The molecule has 5 nitrogen and oxygen atoms in total. The molecule has 0 bridgehead atoms. The average Bonchev–Trinajstić information content (AvgIpc) is 2.92. The molecule has 7 heteroatoms. The van der Waals surface area contributed by atoms with Crippen LogP contribution in [0.1, 0.15) is 39.7 Å². The normalized spacial score (nSPS) is 20.1. The molecule has 1 aromatic rings. The van der Waals surface area contributed by atoms with Gasteiger partial charge in [0.25, 0.3) is 0 Å². The molecule has 0 spiro atoms. The molecule has 2 rings (SSSR count). The summed E-state index contributed by atoms with van der Waals surface area (Å²) in [6.45, 7) is 10.6. The zero-order valence-electron chi connectivity index (χ0n) is 12.4. The van der Waals surface area contributed by atoms with Gasteiger partial charge in [0, 0.05) is 6.20 Å². The highest BCUT2D eigenvalue weighted by Crippen LogP contribution is 2.38. The third kappa shape index (κ3) is 3.09. The molecule has 1 unspecified atom stereocenters. The van der Waals surface area contributed by atoms with E-state index in [4.69, 9.17) is 5.14 Å². The lowest BCUT2D eigenvalue weighted by atomic mass is 10.2. The zero-order valence-corrected chi connectivity index (χ0v) is 14.2. The van der Waals surface area contributed by atoms with E-state index in [2.05, 4.69) is 43.0 Å². The van der Waals surface area contributed by atoms with Crippen LogP contribution < -0.4 is 5.14 Å². The predicted octanol–water partition coefficient (Wildman–Crippen LogP) is 2.92. The standard InChI is InChI=1S/C12H24N4OSSi/c1-12(2,3)19(4,5)15-18(13,17)11-8-9-16(14-11)10-6-7-10/h8-10H,6-7H2,1-5H3,(H2,13,15,17). The van der Waals surface area contributed by atoms with Crippen molar-refractivity contribution in [3.05, 3.63) is 12.3 Å². The van der Waals surface area contributed by atoms with Crippen molar-refractivity contribution in [1.29, 1.82) is 0 Å². The first-order valence-corrected chi connectivity index (χ1v) is 11.2. The van der Waals surface area contributed by atoms with Crippen LogP contribution in [0.3, 0.4) is 0 Å². The highest BCUT2D eigenvalue weighted by Gasteiger charge is 2.37. The SMILES string of the molecule is CC(C)(C)[Si](C)(C)N=S(N)(=O)c1ccn(C2CC2)n1. The van der Waals surface area contributed by atoms with Gasteiger partial charge in [-0.25, -0.2) is 9.35 Å². The van der Waals surface area contributed by atoms with Gasteiger partial charge in [-0.2, -0.15) is 5.10 Å². The Bertz CT molecular complexity index is 589. The van der Waals surface area contributed by atoms with E-state index in [-0.39, 0.29) is 5.04 Å². The van der Waals surface area contributed by atoms with Gasteiger partial charge in [-0.3, -0.25) is 8.71 Å². The first-order valence-electron chi connectivity index (χ1n) is 6.64. The minimum Gasteiger partial charge on any atom is -0.268 e. The van der Waals surface area contributed by atoms with E-state index < -0.39 is 18.2 Å². The Morgan fingerprint density at radius 1 is 1.47 bits per heavy atom. The Hall–Kier alpha value is -0.663. The Morgan fingerprint density at radius 2 is 2.05 bits per heavy atom. The number of nitrogens with zero attached hydrogens (tertiary/aromatic N) is 3. The molecule has 1 saturated carbocycles. The smallest absolute Gasteiger partial charge is 0.195 e. The second-order valence-corrected chi connectivity index (χ2v) is 13.7. The summed E-state index contributed by atoms with van der Waals surface area (Å²) in [7, 11) is -4.93. The van der Waals surface area contributed by atoms with Crippen molar-refractivity contribution in [3.63, 3.8) is 0 Å². The third-order valence-corrected chi connectivity index (χ3v) is 11.4. The average molecular weight is 301 g/mol. The molecule has 0 amide bonds. The van der Waals surface area contributed by atoms with E-state index in [0.29, 0.717) is 11.1 Å². The molecular formula is C12H24N4OSSi. The molecular weight excluding hydrogens is 276 g/mol. The number of aromatic nitrogens is 2. The summed E-state index contributed by atoms with van der Waals surface area (Å²) in [4.78, 5) is 0. The number of hydrogen-bond acceptors (Lipinski definition) is 3. The van der Waals surface area contributed by atoms with Crippen LogP contribution in [0, 0.1) is 0 Å². The third-order valence-electron chi connectivity index (χ3n) is 4.00. The van der Waals surface area contributed by atoms with E-state index >= 15 is 0 Å². The lowest BCUT2D eigenvalue weighted by molar-refractivity contribution is 0.616. The molecule has 0 saturated heterocycles. The molecule has 1 aliphatic rings. The fourth-order valence-corrected chi connectivity index (χ4v) is 6.19. The molecule has 0 radical (unpaired) electrons. The quantitative estimate of drug-likeness (QED) is 0.872. The summed E-state index contributed by atoms with van der Waals surface area (Å²) in [6, 6.07) is 2.22. The van der Waals surface area contributed by atoms with Gasteiger partial charge in [0.15, 0.2) is 13.3 Å². The summed E-state index contributed by atoms with van der Waals surface area (Å²) in [6.07, 6.45) is 4.15. The van der Waals surface area contributed by atoms with Crippen molar-refractivity contribution in [2.75, 3.05) is 0 Å². The van der Waals surface area contributed by atoms with Gasteiger partial charge in [-0.15, -0.1) is 0 Å². The Morgan fingerprint density at radius 3 is 2.53 bits per heavy atom. The molecule has 1 aromatic heterocycles. The van der Waals surface area contributed by atoms with Crippen molar-refractivity contribution in [2.45, 2.75) is 62.8 Å². The number of rotatable bonds is 3. The molecule has 2 N–H and O–H groups in total. The van der Waals surface area contributed by atoms with Crippen molar-refractivity contribution in [3.8, 4) is 0 Å². The molecule has 1 atom stereocenters. The second kappa shape index (κ2) is 4.42. The molecule has 0 aliphatic heterocycles. The molecule has 19 heavy (non-hydrogen) atoms. The predicted molar refractivity (Wildman–Crippen MR) is 80.7 cm³/mol. The van der Waals surface area contributed by atoms with Crippen LogP contribution in [0.15, 0.2) is 21.3 Å². The Labute approximate surface area is 117 Å². The topological polar surface area (TPSA) is 73.3 Å². The van der Waals surface area contributed by atoms with Crippen LogP contribution in [-0.2, 0) is 9.92 Å². The maximum Gasteiger partial charge on any atom is 0.195 e. The summed E-state index contributed by atoms with van der Waals surface area (Å²) in [5, 5.41) is 10.8.